The second-order valence-electron chi connectivity index (χ2n) is 5.76. The maximum atomic E-state index is 12.5. The third-order valence-corrected chi connectivity index (χ3v) is 4.16. The summed E-state index contributed by atoms with van der Waals surface area (Å²) in [6.07, 6.45) is 0. The predicted octanol–water partition coefficient (Wildman–Crippen LogP) is 3.18. The highest BCUT2D eigenvalue weighted by atomic mass is 16.5. The standard InChI is InChI=1S/C19H23N3O4/c1-24-14-7-8-16(18(13-14)25-2)21-19(23)20-15-5-3-4-6-17(15)22-9-11-26-12-10-22/h3-8,13H,9-12H2,1-2H3,(H2,20,21,23). The van der Waals surface area contributed by atoms with Crippen LogP contribution in [0.2, 0.25) is 0 Å². The zero-order valence-corrected chi connectivity index (χ0v) is 15.0. The van der Waals surface area contributed by atoms with Crippen LogP contribution in [-0.4, -0.2) is 46.6 Å². The van der Waals surface area contributed by atoms with E-state index >= 15 is 0 Å². The lowest BCUT2D eigenvalue weighted by atomic mass is 10.2. The summed E-state index contributed by atoms with van der Waals surface area (Å²) in [6, 6.07) is 12.6. The molecule has 1 heterocycles. The van der Waals surface area contributed by atoms with Gasteiger partial charge in [0.1, 0.15) is 11.5 Å². The minimum absolute atomic E-state index is 0.339. The van der Waals surface area contributed by atoms with Crippen molar-refractivity contribution >= 4 is 23.1 Å². The largest absolute Gasteiger partial charge is 0.497 e. The molecule has 0 radical (unpaired) electrons. The van der Waals surface area contributed by atoms with E-state index in [0.29, 0.717) is 30.4 Å². The number of ether oxygens (including phenoxy) is 3. The number of anilines is 3. The second-order valence-corrected chi connectivity index (χ2v) is 5.76. The average Bonchev–Trinajstić information content (AvgIpc) is 2.69. The van der Waals surface area contributed by atoms with Crippen molar-refractivity contribution in [2.24, 2.45) is 0 Å². The molecule has 2 N–H and O–H groups in total. The lowest BCUT2D eigenvalue weighted by Gasteiger charge is -2.30. The Morgan fingerprint density at radius 2 is 1.73 bits per heavy atom. The number of hydrogen-bond donors (Lipinski definition) is 2. The monoisotopic (exact) mass is 357 g/mol. The van der Waals surface area contributed by atoms with Crippen molar-refractivity contribution in [1.82, 2.24) is 0 Å². The van der Waals surface area contributed by atoms with Gasteiger partial charge in [0.05, 0.1) is 44.5 Å². The Labute approximate surface area is 152 Å². The van der Waals surface area contributed by atoms with E-state index in [9.17, 15) is 4.79 Å². The number of amides is 2. The molecule has 3 rings (SSSR count). The highest BCUT2D eigenvalue weighted by molar-refractivity contribution is 6.02. The van der Waals surface area contributed by atoms with Gasteiger partial charge in [0.15, 0.2) is 0 Å². The van der Waals surface area contributed by atoms with E-state index in [1.54, 1.807) is 32.4 Å². The van der Waals surface area contributed by atoms with E-state index in [2.05, 4.69) is 15.5 Å². The molecular weight excluding hydrogens is 334 g/mol. The number of morpholine rings is 1. The molecule has 0 unspecified atom stereocenters. The van der Waals surface area contributed by atoms with Crippen molar-refractivity contribution in [3.63, 3.8) is 0 Å². The molecule has 0 atom stereocenters. The van der Waals surface area contributed by atoms with Gasteiger partial charge in [-0.1, -0.05) is 12.1 Å². The van der Waals surface area contributed by atoms with Gasteiger partial charge in [-0.25, -0.2) is 4.79 Å². The molecule has 0 bridgehead atoms. The van der Waals surface area contributed by atoms with E-state index < -0.39 is 0 Å². The van der Waals surface area contributed by atoms with Gasteiger partial charge in [0, 0.05) is 19.2 Å². The van der Waals surface area contributed by atoms with Gasteiger partial charge in [-0.3, -0.25) is 0 Å². The Morgan fingerprint density at radius 3 is 2.46 bits per heavy atom. The zero-order valence-electron chi connectivity index (χ0n) is 15.0. The molecule has 26 heavy (non-hydrogen) atoms. The van der Waals surface area contributed by atoms with Crippen molar-refractivity contribution in [3.05, 3.63) is 42.5 Å². The fourth-order valence-electron chi connectivity index (χ4n) is 2.84. The molecule has 7 nitrogen and oxygen atoms in total. The van der Waals surface area contributed by atoms with Gasteiger partial charge in [-0.15, -0.1) is 0 Å². The molecule has 0 aliphatic carbocycles. The van der Waals surface area contributed by atoms with E-state index in [4.69, 9.17) is 14.2 Å². The van der Waals surface area contributed by atoms with Gasteiger partial charge in [-0.2, -0.15) is 0 Å². The molecule has 1 aliphatic heterocycles. The normalized spacial score (nSPS) is 13.8. The van der Waals surface area contributed by atoms with E-state index in [1.807, 2.05) is 24.3 Å². The first-order valence-electron chi connectivity index (χ1n) is 8.43. The van der Waals surface area contributed by atoms with Crippen LogP contribution in [0.1, 0.15) is 0 Å². The van der Waals surface area contributed by atoms with Crippen molar-refractivity contribution in [2.45, 2.75) is 0 Å². The Hall–Kier alpha value is -2.93. The minimum atomic E-state index is -0.339. The van der Waals surface area contributed by atoms with E-state index in [-0.39, 0.29) is 6.03 Å². The summed E-state index contributed by atoms with van der Waals surface area (Å²) in [6.45, 7) is 2.96. The number of urea groups is 1. The molecular formula is C19H23N3O4. The first kappa shape index (κ1) is 17.9. The lowest BCUT2D eigenvalue weighted by molar-refractivity contribution is 0.123. The lowest BCUT2D eigenvalue weighted by Crippen LogP contribution is -2.37. The molecule has 1 saturated heterocycles. The van der Waals surface area contributed by atoms with Gasteiger partial charge in [0.2, 0.25) is 0 Å². The molecule has 2 aromatic rings. The molecule has 2 amide bonds. The number of methoxy groups -OCH3 is 2. The third kappa shape index (κ3) is 4.18. The fraction of sp³-hybridized carbons (Fsp3) is 0.316. The summed E-state index contributed by atoms with van der Waals surface area (Å²) >= 11 is 0. The fourth-order valence-corrected chi connectivity index (χ4v) is 2.84. The third-order valence-electron chi connectivity index (χ3n) is 4.16. The van der Waals surface area contributed by atoms with Crippen LogP contribution in [-0.2, 0) is 4.74 Å². The van der Waals surface area contributed by atoms with Crippen LogP contribution in [0.3, 0.4) is 0 Å². The molecule has 138 valence electrons. The summed E-state index contributed by atoms with van der Waals surface area (Å²) in [5.41, 5.74) is 2.29. The van der Waals surface area contributed by atoms with Crippen LogP contribution in [0, 0.1) is 0 Å². The Morgan fingerprint density at radius 1 is 1.00 bits per heavy atom. The van der Waals surface area contributed by atoms with E-state index in [0.717, 1.165) is 24.5 Å². The summed E-state index contributed by atoms with van der Waals surface area (Å²) in [7, 11) is 3.13. The molecule has 1 fully saturated rings. The van der Waals surface area contributed by atoms with Crippen LogP contribution >= 0.6 is 0 Å². The Kier molecular flexibility index (Phi) is 5.80. The topological polar surface area (TPSA) is 72.1 Å². The summed E-state index contributed by atoms with van der Waals surface area (Å²) in [5, 5.41) is 5.73. The van der Waals surface area contributed by atoms with Crippen LogP contribution in [0.15, 0.2) is 42.5 Å². The number of carbonyl (C=O) groups is 1. The van der Waals surface area contributed by atoms with Crippen LogP contribution in [0.5, 0.6) is 11.5 Å². The number of nitrogens with zero attached hydrogens (tertiary/aromatic N) is 1. The molecule has 7 heteroatoms. The number of carbonyl (C=O) groups excluding carboxylic acids is 1. The average molecular weight is 357 g/mol. The van der Waals surface area contributed by atoms with Crippen molar-refractivity contribution in [2.75, 3.05) is 56.1 Å². The number of benzene rings is 2. The minimum Gasteiger partial charge on any atom is -0.497 e. The smallest absolute Gasteiger partial charge is 0.323 e. The highest BCUT2D eigenvalue weighted by Gasteiger charge is 2.16. The van der Waals surface area contributed by atoms with Crippen molar-refractivity contribution in [3.8, 4) is 11.5 Å². The van der Waals surface area contributed by atoms with Gasteiger partial charge < -0.3 is 29.7 Å². The second kappa shape index (κ2) is 8.44. The Bertz CT molecular complexity index is 760. The molecule has 2 aromatic carbocycles. The molecule has 1 aliphatic rings. The van der Waals surface area contributed by atoms with Gasteiger partial charge in [0.25, 0.3) is 0 Å². The maximum absolute atomic E-state index is 12.5. The van der Waals surface area contributed by atoms with E-state index in [1.165, 1.54) is 0 Å². The SMILES string of the molecule is COc1ccc(NC(=O)Nc2ccccc2N2CCOCC2)c(OC)c1. The molecule has 0 aromatic heterocycles. The van der Waals surface area contributed by atoms with Gasteiger partial charge >= 0.3 is 6.03 Å². The highest BCUT2D eigenvalue weighted by Crippen LogP contribution is 2.30. The van der Waals surface area contributed by atoms with Crippen LogP contribution in [0.4, 0.5) is 21.9 Å². The van der Waals surface area contributed by atoms with Gasteiger partial charge in [-0.05, 0) is 24.3 Å². The van der Waals surface area contributed by atoms with Crippen LogP contribution < -0.4 is 25.0 Å². The van der Waals surface area contributed by atoms with Crippen molar-refractivity contribution < 1.29 is 19.0 Å². The predicted molar refractivity (Wildman–Crippen MR) is 102 cm³/mol. The Balaban J connectivity index is 1.73. The van der Waals surface area contributed by atoms with Crippen molar-refractivity contribution in [1.29, 1.82) is 0 Å². The maximum Gasteiger partial charge on any atom is 0.323 e. The number of rotatable bonds is 5. The number of hydrogen-bond acceptors (Lipinski definition) is 5. The zero-order chi connectivity index (χ0) is 18.4. The first-order chi connectivity index (χ1) is 12.7. The summed E-state index contributed by atoms with van der Waals surface area (Å²) < 4.78 is 15.9. The quantitative estimate of drug-likeness (QED) is 0.860. The number of para-hydroxylation sites is 2. The molecule has 0 spiro atoms. The first-order valence-corrected chi connectivity index (χ1v) is 8.43. The summed E-state index contributed by atoms with van der Waals surface area (Å²) in [5.74, 6) is 1.19. The molecule has 0 saturated carbocycles. The number of nitrogens with one attached hydrogen (secondary N) is 2. The summed E-state index contributed by atoms with van der Waals surface area (Å²) in [4.78, 5) is 14.7. The van der Waals surface area contributed by atoms with Crippen LogP contribution in [0.25, 0.3) is 0 Å².